The van der Waals surface area contributed by atoms with E-state index in [9.17, 15) is 9.59 Å². The molecule has 1 aliphatic rings. The average Bonchev–Trinajstić information content (AvgIpc) is 2.39. The number of nitrogens with zero attached hydrogens (tertiary/aromatic N) is 3. The summed E-state index contributed by atoms with van der Waals surface area (Å²) in [5, 5.41) is 3.09. The summed E-state index contributed by atoms with van der Waals surface area (Å²) in [5.41, 5.74) is 0. The molecule has 108 valence electrons. The van der Waals surface area contributed by atoms with Crippen LogP contribution in [0.4, 0.5) is 5.82 Å². The normalized spacial score (nSPS) is 19.6. The SMILES string of the molecule is CC(C)c1nc(Br)cc(NC2CCC(=O)N(C)C2=O)n1. The number of piperidine rings is 1. The van der Waals surface area contributed by atoms with E-state index in [4.69, 9.17) is 0 Å². The Morgan fingerprint density at radius 3 is 2.75 bits per heavy atom. The third-order valence-electron chi connectivity index (χ3n) is 3.20. The van der Waals surface area contributed by atoms with Gasteiger partial charge in [-0.25, -0.2) is 9.97 Å². The quantitative estimate of drug-likeness (QED) is 0.672. The fourth-order valence-electron chi connectivity index (χ4n) is 2.00. The molecule has 0 radical (unpaired) electrons. The van der Waals surface area contributed by atoms with Crippen molar-refractivity contribution in [2.75, 3.05) is 12.4 Å². The summed E-state index contributed by atoms with van der Waals surface area (Å²) in [6.45, 7) is 4.01. The zero-order valence-corrected chi connectivity index (χ0v) is 13.3. The highest BCUT2D eigenvalue weighted by Crippen LogP contribution is 2.20. The molecule has 1 unspecified atom stereocenters. The van der Waals surface area contributed by atoms with Crippen molar-refractivity contribution < 1.29 is 9.59 Å². The van der Waals surface area contributed by atoms with Crippen molar-refractivity contribution in [3.63, 3.8) is 0 Å². The van der Waals surface area contributed by atoms with Gasteiger partial charge in [-0.1, -0.05) is 13.8 Å². The van der Waals surface area contributed by atoms with Crippen molar-refractivity contribution in [2.24, 2.45) is 0 Å². The summed E-state index contributed by atoms with van der Waals surface area (Å²) in [7, 11) is 1.51. The molecule has 0 aliphatic carbocycles. The fraction of sp³-hybridized carbons (Fsp3) is 0.538. The van der Waals surface area contributed by atoms with Gasteiger partial charge in [0.2, 0.25) is 5.91 Å². The molecule has 20 heavy (non-hydrogen) atoms. The minimum Gasteiger partial charge on any atom is -0.358 e. The maximum Gasteiger partial charge on any atom is 0.251 e. The third-order valence-corrected chi connectivity index (χ3v) is 3.61. The highest BCUT2D eigenvalue weighted by molar-refractivity contribution is 9.10. The maximum absolute atomic E-state index is 12.0. The zero-order valence-electron chi connectivity index (χ0n) is 11.7. The molecular formula is C13H17BrN4O2. The smallest absolute Gasteiger partial charge is 0.251 e. The standard InChI is InChI=1S/C13H17BrN4O2/c1-7(2)12-16-9(14)6-10(17-12)15-8-4-5-11(19)18(3)13(8)20/h6-8H,4-5H2,1-3H3,(H,15,16,17). The predicted molar refractivity (Wildman–Crippen MR) is 78.2 cm³/mol. The van der Waals surface area contributed by atoms with Crippen molar-refractivity contribution in [2.45, 2.75) is 38.6 Å². The molecule has 1 atom stereocenters. The van der Waals surface area contributed by atoms with E-state index in [0.717, 1.165) is 0 Å². The monoisotopic (exact) mass is 340 g/mol. The van der Waals surface area contributed by atoms with E-state index in [1.54, 1.807) is 6.07 Å². The molecule has 2 amide bonds. The Kier molecular flexibility index (Phi) is 4.37. The number of likely N-dealkylation sites (tertiary alicyclic amines) is 1. The largest absolute Gasteiger partial charge is 0.358 e. The van der Waals surface area contributed by atoms with Crippen LogP contribution in [0.5, 0.6) is 0 Å². The second kappa shape index (κ2) is 5.87. The summed E-state index contributed by atoms with van der Waals surface area (Å²) < 4.78 is 0.673. The maximum atomic E-state index is 12.0. The van der Waals surface area contributed by atoms with Gasteiger partial charge in [0.1, 0.15) is 22.3 Å². The fourth-order valence-corrected chi connectivity index (χ4v) is 2.39. The molecule has 2 heterocycles. The first-order chi connectivity index (χ1) is 9.38. The Balaban J connectivity index is 2.18. The van der Waals surface area contributed by atoms with E-state index < -0.39 is 6.04 Å². The molecular weight excluding hydrogens is 324 g/mol. The minimum absolute atomic E-state index is 0.139. The van der Waals surface area contributed by atoms with Crippen molar-refractivity contribution in [3.8, 4) is 0 Å². The number of amides is 2. The number of carbonyl (C=O) groups is 2. The van der Waals surface area contributed by atoms with Gasteiger partial charge in [0.05, 0.1) is 0 Å². The predicted octanol–water partition coefficient (Wildman–Crippen LogP) is 1.92. The lowest BCUT2D eigenvalue weighted by atomic mass is 10.0. The summed E-state index contributed by atoms with van der Waals surface area (Å²) >= 11 is 3.34. The lowest BCUT2D eigenvalue weighted by Crippen LogP contribution is -2.48. The molecule has 1 aromatic heterocycles. The molecule has 1 aliphatic heterocycles. The number of rotatable bonds is 3. The van der Waals surface area contributed by atoms with Crippen LogP contribution in [0.2, 0.25) is 0 Å². The summed E-state index contributed by atoms with van der Waals surface area (Å²) in [6.07, 6.45) is 0.851. The number of hydrogen-bond acceptors (Lipinski definition) is 5. The molecule has 1 aromatic rings. The van der Waals surface area contributed by atoms with Gasteiger partial charge in [-0.2, -0.15) is 0 Å². The van der Waals surface area contributed by atoms with Crippen LogP contribution >= 0.6 is 15.9 Å². The van der Waals surface area contributed by atoms with Crippen LogP contribution in [-0.4, -0.2) is 39.8 Å². The van der Waals surface area contributed by atoms with Crippen LogP contribution in [-0.2, 0) is 9.59 Å². The first-order valence-electron chi connectivity index (χ1n) is 6.50. The second-order valence-electron chi connectivity index (χ2n) is 5.12. The number of imide groups is 1. The number of carbonyl (C=O) groups excluding carboxylic acids is 2. The number of hydrogen-bond donors (Lipinski definition) is 1. The van der Waals surface area contributed by atoms with Gasteiger partial charge in [0.25, 0.3) is 5.91 Å². The number of halogens is 1. The Labute approximate surface area is 126 Å². The molecule has 1 saturated heterocycles. The highest BCUT2D eigenvalue weighted by Gasteiger charge is 2.31. The van der Waals surface area contributed by atoms with Gasteiger partial charge in [-0.05, 0) is 22.4 Å². The van der Waals surface area contributed by atoms with Crippen LogP contribution in [0.25, 0.3) is 0 Å². The van der Waals surface area contributed by atoms with Crippen LogP contribution in [0.1, 0.15) is 38.4 Å². The van der Waals surface area contributed by atoms with E-state index in [1.807, 2.05) is 13.8 Å². The molecule has 0 bridgehead atoms. The lowest BCUT2D eigenvalue weighted by Gasteiger charge is -2.28. The van der Waals surface area contributed by atoms with Crippen LogP contribution < -0.4 is 5.32 Å². The Hall–Kier alpha value is -1.50. The van der Waals surface area contributed by atoms with Crippen LogP contribution in [0, 0.1) is 0 Å². The molecule has 0 spiro atoms. The van der Waals surface area contributed by atoms with Gasteiger partial charge >= 0.3 is 0 Å². The van der Waals surface area contributed by atoms with Crippen molar-refractivity contribution in [3.05, 3.63) is 16.5 Å². The number of likely N-dealkylation sites (N-methyl/N-ethyl adjacent to an activating group) is 1. The Morgan fingerprint density at radius 1 is 1.40 bits per heavy atom. The van der Waals surface area contributed by atoms with Gasteiger partial charge in [0.15, 0.2) is 0 Å². The molecule has 6 nitrogen and oxygen atoms in total. The summed E-state index contributed by atoms with van der Waals surface area (Å²) in [4.78, 5) is 33.3. The third kappa shape index (κ3) is 3.15. The Bertz CT molecular complexity index is 547. The zero-order chi connectivity index (χ0) is 14.9. The summed E-state index contributed by atoms with van der Waals surface area (Å²) in [5.74, 6) is 1.13. The van der Waals surface area contributed by atoms with E-state index in [-0.39, 0.29) is 17.7 Å². The number of nitrogens with one attached hydrogen (secondary N) is 1. The van der Waals surface area contributed by atoms with Gasteiger partial charge < -0.3 is 5.32 Å². The second-order valence-corrected chi connectivity index (χ2v) is 5.93. The highest BCUT2D eigenvalue weighted by atomic mass is 79.9. The van der Waals surface area contributed by atoms with Crippen molar-refractivity contribution >= 4 is 33.6 Å². The number of anilines is 1. The van der Waals surface area contributed by atoms with Crippen molar-refractivity contribution in [1.29, 1.82) is 0 Å². The molecule has 0 aromatic carbocycles. The molecule has 1 fully saturated rings. The first-order valence-corrected chi connectivity index (χ1v) is 7.29. The van der Waals surface area contributed by atoms with E-state index in [2.05, 4.69) is 31.2 Å². The molecule has 2 rings (SSSR count). The first kappa shape index (κ1) is 14.9. The van der Waals surface area contributed by atoms with E-state index >= 15 is 0 Å². The topological polar surface area (TPSA) is 75.2 Å². The van der Waals surface area contributed by atoms with Crippen molar-refractivity contribution in [1.82, 2.24) is 14.9 Å². The van der Waals surface area contributed by atoms with Gasteiger partial charge in [0, 0.05) is 25.5 Å². The Morgan fingerprint density at radius 2 is 2.10 bits per heavy atom. The van der Waals surface area contributed by atoms with E-state index in [0.29, 0.717) is 29.1 Å². The summed E-state index contributed by atoms with van der Waals surface area (Å²) in [6, 6.07) is 1.31. The van der Waals surface area contributed by atoms with E-state index in [1.165, 1.54) is 11.9 Å². The lowest BCUT2D eigenvalue weighted by molar-refractivity contribution is -0.146. The van der Waals surface area contributed by atoms with Gasteiger partial charge in [-0.15, -0.1) is 0 Å². The minimum atomic E-state index is -0.417. The van der Waals surface area contributed by atoms with Gasteiger partial charge in [-0.3, -0.25) is 14.5 Å². The molecule has 1 N–H and O–H groups in total. The average molecular weight is 341 g/mol. The van der Waals surface area contributed by atoms with Crippen LogP contribution in [0.15, 0.2) is 10.7 Å². The molecule has 7 heteroatoms. The number of aromatic nitrogens is 2. The van der Waals surface area contributed by atoms with Crippen LogP contribution in [0.3, 0.4) is 0 Å². The molecule has 0 saturated carbocycles.